The summed E-state index contributed by atoms with van der Waals surface area (Å²) in [6.45, 7) is 1.92. The Kier molecular flexibility index (Phi) is 5.24. The number of carbonyl (C=O) groups is 2. The summed E-state index contributed by atoms with van der Waals surface area (Å²) in [7, 11) is 1.73. The van der Waals surface area contributed by atoms with Crippen molar-refractivity contribution < 1.29 is 14.7 Å². The summed E-state index contributed by atoms with van der Waals surface area (Å²) in [5, 5.41) is 19.5. The molecule has 0 fully saturated rings. The van der Waals surface area contributed by atoms with Crippen LogP contribution in [0.5, 0.6) is 0 Å². The predicted octanol–water partition coefficient (Wildman–Crippen LogP) is 1.89. The van der Waals surface area contributed by atoms with Gasteiger partial charge in [-0.15, -0.1) is 10.2 Å². The molecule has 1 amide bonds. The van der Waals surface area contributed by atoms with Crippen molar-refractivity contribution in [1.29, 1.82) is 0 Å². The summed E-state index contributed by atoms with van der Waals surface area (Å²) in [4.78, 5) is 24.6. The lowest BCUT2D eigenvalue weighted by Gasteiger charge is -2.19. The minimum absolute atomic E-state index is 0.192. The Bertz CT molecular complexity index is 673. The third-order valence-electron chi connectivity index (χ3n) is 3.28. The van der Waals surface area contributed by atoms with Crippen LogP contribution in [0.4, 0.5) is 11.5 Å². The van der Waals surface area contributed by atoms with E-state index in [0.717, 1.165) is 0 Å². The van der Waals surface area contributed by atoms with Gasteiger partial charge in [0.15, 0.2) is 11.5 Å². The first-order valence-corrected chi connectivity index (χ1v) is 7.11. The quantitative estimate of drug-likeness (QED) is 0.845. The first kappa shape index (κ1) is 16.4. The maximum absolute atomic E-state index is 12.1. The van der Waals surface area contributed by atoms with E-state index < -0.39 is 11.9 Å². The summed E-state index contributed by atoms with van der Waals surface area (Å²) < 4.78 is 0. The van der Waals surface area contributed by atoms with Crippen molar-refractivity contribution in [2.75, 3.05) is 23.8 Å². The maximum Gasteiger partial charge on any atom is 0.308 e. The van der Waals surface area contributed by atoms with Gasteiger partial charge in [0.2, 0.25) is 0 Å². The minimum Gasteiger partial charge on any atom is -0.481 e. The Morgan fingerprint density at radius 2 is 1.87 bits per heavy atom. The van der Waals surface area contributed by atoms with Crippen LogP contribution in [0.15, 0.2) is 42.5 Å². The number of carbonyl (C=O) groups excluding carboxylic acids is 1. The number of hydrogen-bond acceptors (Lipinski definition) is 5. The van der Waals surface area contributed by atoms with E-state index in [-0.39, 0.29) is 11.6 Å². The number of aliphatic carboxylic acids is 1. The van der Waals surface area contributed by atoms with E-state index in [0.29, 0.717) is 18.1 Å². The number of rotatable bonds is 6. The molecule has 23 heavy (non-hydrogen) atoms. The molecule has 2 N–H and O–H groups in total. The van der Waals surface area contributed by atoms with Crippen LogP contribution in [0.1, 0.15) is 17.4 Å². The van der Waals surface area contributed by atoms with E-state index in [1.54, 1.807) is 43.1 Å². The van der Waals surface area contributed by atoms with Gasteiger partial charge in [0.05, 0.1) is 5.92 Å². The second-order valence-corrected chi connectivity index (χ2v) is 5.22. The number of hydrogen-bond donors (Lipinski definition) is 2. The van der Waals surface area contributed by atoms with Crippen LogP contribution in [0.3, 0.4) is 0 Å². The van der Waals surface area contributed by atoms with E-state index in [1.165, 1.54) is 0 Å². The third kappa shape index (κ3) is 4.50. The van der Waals surface area contributed by atoms with Crippen molar-refractivity contribution in [2.24, 2.45) is 5.92 Å². The van der Waals surface area contributed by atoms with Crippen molar-refractivity contribution >= 4 is 23.4 Å². The molecule has 0 aliphatic heterocycles. The van der Waals surface area contributed by atoms with Crippen LogP contribution >= 0.6 is 0 Å². The molecule has 0 bridgehead atoms. The molecule has 0 spiro atoms. The van der Waals surface area contributed by atoms with Gasteiger partial charge >= 0.3 is 5.97 Å². The Morgan fingerprint density at radius 1 is 1.17 bits per heavy atom. The molecule has 1 atom stereocenters. The van der Waals surface area contributed by atoms with Gasteiger partial charge in [0.1, 0.15) is 0 Å². The molecule has 7 nitrogen and oxygen atoms in total. The molecule has 1 aromatic heterocycles. The third-order valence-corrected chi connectivity index (χ3v) is 3.28. The lowest BCUT2D eigenvalue weighted by atomic mass is 10.2. The van der Waals surface area contributed by atoms with Crippen LogP contribution in [0.2, 0.25) is 0 Å². The zero-order valence-electron chi connectivity index (χ0n) is 12.9. The van der Waals surface area contributed by atoms with E-state index in [2.05, 4.69) is 15.5 Å². The van der Waals surface area contributed by atoms with Gasteiger partial charge in [-0.05, 0) is 24.3 Å². The van der Waals surface area contributed by atoms with E-state index >= 15 is 0 Å². The highest BCUT2D eigenvalue weighted by molar-refractivity contribution is 6.02. The van der Waals surface area contributed by atoms with Crippen LogP contribution in [-0.2, 0) is 4.79 Å². The Hall–Kier alpha value is -2.96. The maximum atomic E-state index is 12.1. The number of benzene rings is 1. The molecule has 0 saturated carbocycles. The molecule has 1 heterocycles. The zero-order chi connectivity index (χ0) is 16.8. The topological polar surface area (TPSA) is 95.4 Å². The predicted molar refractivity (Wildman–Crippen MR) is 86.5 cm³/mol. The van der Waals surface area contributed by atoms with Crippen LogP contribution in [-0.4, -0.2) is 40.8 Å². The average molecular weight is 314 g/mol. The van der Waals surface area contributed by atoms with Gasteiger partial charge in [0.25, 0.3) is 5.91 Å². The van der Waals surface area contributed by atoms with E-state index in [9.17, 15) is 9.59 Å². The lowest BCUT2D eigenvalue weighted by molar-refractivity contribution is -0.140. The highest BCUT2D eigenvalue weighted by Crippen LogP contribution is 2.12. The van der Waals surface area contributed by atoms with Crippen molar-refractivity contribution in [3.8, 4) is 0 Å². The Balaban J connectivity index is 2.01. The van der Waals surface area contributed by atoms with Crippen molar-refractivity contribution in [2.45, 2.75) is 6.92 Å². The fraction of sp³-hybridized carbons (Fsp3) is 0.250. The first-order chi connectivity index (χ1) is 11.0. The monoisotopic (exact) mass is 314 g/mol. The standard InChI is InChI=1S/C16H18N4O3/c1-11(16(22)23)10-20(2)14-9-8-13(18-19-14)15(21)17-12-6-4-3-5-7-12/h3-9,11H,10H2,1-2H3,(H,17,21)(H,22,23). The SMILES string of the molecule is CC(CN(C)c1ccc(C(=O)Nc2ccccc2)nn1)C(=O)O. The number of para-hydroxylation sites is 1. The number of nitrogens with one attached hydrogen (secondary N) is 1. The fourth-order valence-corrected chi connectivity index (χ4v) is 1.95. The minimum atomic E-state index is -0.872. The molecule has 2 rings (SSSR count). The second-order valence-electron chi connectivity index (χ2n) is 5.22. The van der Waals surface area contributed by atoms with Gasteiger partial charge in [-0.1, -0.05) is 25.1 Å². The average Bonchev–Trinajstić information content (AvgIpc) is 2.55. The van der Waals surface area contributed by atoms with E-state index in [1.807, 2.05) is 18.2 Å². The highest BCUT2D eigenvalue weighted by Gasteiger charge is 2.15. The summed E-state index contributed by atoms with van der Waals surface area (Å²) >= 11 is 0. The Morgan fingerprint density at radius 3 is 2.43 bits per heavy atom. The molecule has 0 aliphatic rings. The molecule has 0 saturated heterocycles. The second kappa shape index (κ2) is 7.35. The zero-order valence-corrected chi connectivity index (χ0v) is 12.9. The molecule has 1 aromatic carbocycles. The van der Waals surface area contributed by atoms with Gasteiger partial charge in [-0.2, -0.15) is 0 Å². The van der Waals surface area contributed by atoms with Gasteiger partial charge < -0.3 is 15.3 Å². The van der Waals surface area contributed by atoms with E-state index in [4.69, 9.17) is 5.11 Å². The number of aromatic nitrogens is 2. The van der Waals surface area contributed by atoms with Crippen molar-refractivity contribution in [3.63, 3.8) is 0 Å². The summed E-state index contributed by atoms with van der Waals surface area (Å²) in [6, 6.07) is 12.3. The first-order valence-electron chi connectivity index (χ1n) is 7.11. The largest absolute Gasteiger partial charge is 0.481 e. The van der Waals surface area contributed by atoms with Gasteiger partial charge in [-0.3, -0.25) is 9.59 Å². The van der Waals surface area contributed by atoms with Gasteiger partial charge in [0, 0.05) is 19.3 Å². The van der Waals surface area contributed by atoms with Gasteiger partial charge in [-0.25, -0.2) is 0 Å². The molecule has 120 valence electrons. The highest BCUT2D eigenvalue weighted by atomic mass is 16.4. The number of carboxylic acid groups (broad SMARTS) is 1. The molecule has 1 unspecified atom stereocenters. The molecule has 2 aromatic rings. The van der Waals surface area contributed by atoms with Crippen molar-refractivity contribution in [3.05, 3.63) is 48.2 Å². The lowest BCUT2D eigenvalue weighted by Crippen LogP contribution is -2.29. The number of anilines is 2. The summed E-state index contributed by atoms with van der Waals surface area (Å²) in [5.41, 5.74) is 0.869. The fourth-order valence-electron chi connectivity index (χ4n) is 1.95. The molecule has 0 radical (unpaired) electrons. The van der Waals surface area contributed by atoms with Crippen LogP contribution in [0.25, 0.3) is 0 Å². The molecular weight excluding hydrogens is 296 g/mol. The summed E-state index contributed by atoms with van der Waals surface area (Å²) in [5.74, 6) is -1.24. The normalized spacial score (nSPS) is 11.6. The number of nitrogens with zero attached hydrogens (tertiary/aromatic N) is 3. The molecular formula is C16H18N4O3. The van der Waals surface area contributed by atoms with Crippen LogP contribution < -0.4 is 10.2 Å². The Labute approximate surface area is 134 Å². The van der Waals surface area contributed by atoms with Crippen LogP contribution in [0, 0.1) is 5.92 Å². The van der Waals surface area contributed by atoms with Crippen molar-refractivity contribution in [1.82, 2.24) is 10.2 Å². The summed E-state index contributed by atoms with van der Waals surface area (Å²) in [6.07, 6.45) is 0. The molecule has 0 aliphatic carbocycles. The molecule has 7 heteroatoms. The number of carboxylic acids is 1. The number of amides is 1. The smallest absolute Gasteiger partial charge is 0.308 e.